The number of nitrogens with one attached hydrogen (secondary N) is 1. The molecular formula is C13H13N2O2S. The van der Waals surface area contributed by atoms with Gasteiger partial charge in [-0.05, 0) is 30.2 Å². The summed E-state index contributed by atoms with van der Waals surface area (Å²) in [5.74, 6) is 0. The Hall–Kier alpha value is -1.72. The Balaban J connectivity index is 2.11. The maximum Gasteiger partial charge on any atom is 0.242 e. The molecule has 0 unspecified atom stereocenters. The summed E-state index contributed by atoms with van der Waals surface area (Å²) in [7, 11) is -3.50. The van der Waals surface area contributed by atoms with Crippen LogP contribution in [0.3, 0.4) is 0 Å². The lowest BCUT2D eigenvalue weighted by Crippen LogP contribution is -2.23. The van der Waals surface area contributed by atoms with Crippen molar-refractivity contribution in [3.05, 3.63) is 66.8 Å². The van der Waals surface area contributed by atoms with Crippen LogP contribution in [0.1, 0.15) is 11.1 Å². The van der Waals surface area contributed by atoms with Crippen LogP contribution in [0.5, 0.6) is 0 Å². The van der Waals surface area contributed by atoms with E-state index in [9.17, 15) is 8.42 Å². The quantitative estimate of drug-likeness (QED) is 0.912. The Morgan fingerprint density at radius 3 is 2.72 bits per heavy atom. The Bertz CT molecular complexity index is 624. The minimum absolute atomic E-state index is 0.163. The average molecular weight is 261 g/mol. The van der Waals surface area contributed by atoms with Crippen molar-refractivity contribution in [1.29, 1.82) is 0 Å². The lowest BCUT2D eigenvalue weighted by Gasteiger charge is -2.06. The molecule has 93 valence electrons. The minimum atomic E-state index is -3.50. The fraction of sp³-hybridized carbons (Fsp3) is 0.0769. The van der Waals surface area contributed by atoms with Gasteiger partial charge in [0, 0.05) is 18.9 Å². The summed E-state index contributed by atoms with van der Waals surface area (Å²) in [5, 5.41) is 0. The van der Waals surface area contributed by atoms with Gasteiger partial charge < -0.3 is 0 Å². The Labute approximate surface area is 107 Å². The molecule has 0 amide bonds. The van der Waals surface area contributed by atoms with Crippen molar-refractivity contribution in [3.63, 3.8) is 0 Å². The van der Waals surface area contributed by atoms with Gasteiger partial charge in [0.1, 0.15) is 4.90 Å². The first-order valence-corrected chi connectivity index (χ1v) is 6.87. The summed E-state index contributed by atoms with van der Waals surface area (Å²) < 4.78 is 26.4. The molecule has 0 spiro atoms. The molecule has 1 N–H and O–H groups in total. The molecule has 0 aliphatic rings. The van der Waals surface area contributed by atoms with Crippen LogP contribution in [-0.2, 0) is 16.6 Å². The van der Waals surface area contributed by atoms with Gasteiger partial charge in [-0.3, -0.25) is 4.98 Å². The highest BCUT2D eigenvalue weighted by molar-refractivity contribution is 7.89. The third kappa shape index (κ3) is 3.15. The van der Waals surface area contributed by atoms with Crippen molar-refractivity contribution in [3.8, 4) is 0 Å². The molecule has 0 aliphatic carbocycles. The lowest BCUT2D eigenvalue weighted by molar-refractivity contribution is 0.581. The number of rotatable bonds is 4. The van der Waals surface area contributed by atoms with E-state index in [1.54, 1.807) is 6.07 Å². The number of aromatic nitrogens is 1. The van der Waals surface area contributed by atoms with Crippen LogP contribution in [0, 0.1) is 6.92 Å². The molecule has 1 radical (unpaired) electrons. The number of sulfonamides is 1. The van der Waals surface area contributed by atoms with Crippen molar-refractivity contribution in [1.82, 2.24) is 9.71 Å². The molecule has 2 aromatic rings. The summed E-state index contributed by atoms with van der Waals surface area (Å²) >= 11 is 0. The zero-order valence-electron chi connectivity index (χ0n) is 9.70. The Morgan fingerprint density at radius 2 is 2.06 bits per heavy atom. The van der Waals surface area contributed by atoms with Crippen LogP contribution in [0.25, 0.3) is 0 Å². The molecule has 5 heteroatoms. The van der Waals surface area contributed by atoms with Crippen LogP contribution in [0.2, 0.25) is 0 Å². The second kappa shape index (κ2) is 5.29. The molecule has 0 atom stereocenters. The standard InChI is InChI=1S/C13H13N2O2S/c1-11-4-2-5-12(8-11)9-15-18(16,17)13-6-3-7-14-10-13/h2-8,10,15H,1,9H2. The van der Waals surface area contributed by atoms with E-state index >= 15 is 0 Å². The van der Waals surface area contributed by atoms with Crippen LogP contribution < -0.4 is 4.72 Å². The van der Waals surface area contributed by atoms with E-state index in [2.05, 4.69) is 16.6 Å². The van der Waals surface area contributed by atoms with Crippen molar-refractivity contribution in [2.75, 3.05) is 0 Å². The molecule has 0 saturated heterocycles. The molecule has 0 aliphatic heterocycles. The SMILES string of the molecule is [CH2]c1cccc(CNS(=O)(=O)c2cccnc2)c1. The molecule has 1 heterocycles. The van der Waals surface area contributed by atoms with Gasteiger partial charge in [0.25, 0.3) is 0 Å². The normalized spacial score (nSPS) is 11.4. The zero-order valence-corrected chi connectivity index (χ0v) is 10.5. The molecular weight excluding hydrogens is 248 g/mol. The van der Waals surface area contributed by atoms with E-state index in [0.29, 0.717) is 0 Å². The molecule has 0 bridgehead atoms. The van der Waals surface area contributed by atoms with Gasteiger partial charge in [-0.25, -0.2) is 13.1 Å². The van der Waals surface area contributed by atoms with Crippen LogP contribution >= 0.6 is 0 Å². The maximum absolute atomic E-state index is 11.9. The summed E-state index contributed by atoms with van der Waals surface area (Å²) in [6, 6.07) is 10.5. The number of nitrogens with zero attached hydrogens (tertiary/aromatic N) is 1. The van der Waals surface area contributed by atoms with Crippen molar-refractivity contribution in [2.24, 2.45) is 0 Å². The van der Waals surface area contributed by atoms with E-state index < -0.39 is 10.0 Å². The second-order valence-corrected chi connectivity index (χ2v) is 5.60. The molecule has 0 saturated carbocycles. The highest BCUT2D eigenvalue weighted by Crippen LogP contribution is 2.08. The van der Waals surface area contributed by atoms with Gasteiger partial charge in [-0.15, -0.1) is 0 Å². The van der Waals surface area contributed by atoms with E-state index in [0.717, 1.165) is 11.1 Å². The average Bonchev–Trinajstić information content (AvgIpc) is 2.38. The fourth-order valence-electron chi connectivity index (χ4n) is 1.51. The molecule has 4 nitrogen and oxygen atoms in total. The van der Waals surface area contributed by atoms with Crippen molar-refractivity contribution < 1.29 is 8.42 Å². The summed E-state index contributed by atoms with van der Waals surface area (Å²) in [4.78, 5) is 3.95. The first kappa shape index (κ1) is 12.7. The topological polar surface area (TPSA) is 59.1 Å². The second-order valence-electron chi connectivity index (χ2n) is 3.83. The van der Waals surface area contributed by atoms with E-state index in [4.69, 9.17) is 0 Å². The molecule has 2 rings (SSSR count). The van der Waals surface area contributed by atoms with Gasteiger partial charge in [0.15, 0.2) is 0 Å². The van der Waals surface area contributed by atoms with E-state index in [-0.39, 0.29) is 11.4 Å². The highest BCUT2D eigenvalue weighted by Gasteiger charge is 2.13. The van der Waals surface area contributed by atoms with Crippen LogP contribution in [0.4, 0.5) is 0 Å². The number of benzene rings is 1. The van der Waals surface area contributed by atoms with Crippen molar-refractivity contribution in [2.45, 2.75) is 11.4 Å². The highest BCUT2D eigenvalue weighted by atomic mass is 32.2. The van der Waals surface area contributed by atoms with Crippen LogP contribution in [0.15, 0.2) is 53.7 Å². The first-order valence-electron chi connectivity index (χ1n) is 5.38. The summed E-state index contributed by atoms with van der Waals surface area (Å²) in [5.41, 5.74) is 1.73. The Kier molecular flexibility index (Phi) is 3.74. The Morgan fingerprint density at radius 1 is 1.22 bits per heavy atom. The van der Waals surface area contributed by atoms with E-state index in [1.807, 2.05) is 24.3 Å². The molecule has 18 heavy (non-hydrogen) atoms. The van der Waals surface area contributed by atoms with Crippen LogP contribution in [-0.4, -0.2) is 13.4 Å². The molecule has 1 aromatic heterocycles. The fourth-order valence-corrected chi connectivity index (χ4v) is 2.49. The van der Waals surface area contributed by atoms with Gasteiger partial charge in [-0.2, -0.15) is 0 Å². The molecule has 1 aromatic carbocycles. The molecule has 0 fully saturated rings. The number of hydrogen-bond acceptors (Lipinski definition) is 3. The lowest BCUT2D eigenvalue weighted by atomic mass is 10.1. The summed E-state index contributed by atoms with van der Waals surface area (Å²) in [6.45, 7) is 4.03. The monoisotopic (exact) mass is 261 g/mol. The maximum atomic E-state index is 11.9. The van der Waals surface area contributed by atoms with Gasteiger partial charge in [0.05, 0.1) is 0 Å². The smallest absolute Gasteiger partial charge is 0.242 e. The van der Waals surface area contributed by atoms with Gasteiger partial charge in [-0.1, -0.05) is 24.3 Å². The third-order valence-electron chi connectivity index (χ3n) is 2.40. The number of pyridine rings is 1. The zero-order chi connectivity index (χ0) is 13.0. The largest absolute Gasteiger partial charge is 0.263 e. The minimum Gasteiger partial charge on any atom is -0.263 e. The first-order chi connectivity index (χ1) is 8.58. The third-order valence-corrected chi connectivity index (χ3v) is 3.79. The van der Waals surface area contributed by atoms with Gasteiger partial charge in [0.2, 0.25) is 10.0 Å². The predicted molar refractivity (Wildman–Crippen MR) is 69.2 cm³/mol. The van der Waals surface area contributed by atoms with Crippen molar-refractivity contribution >= 4 is 10.0 Å². The predicted octanol–water partition coefficient (Wildman–Crippen LogP) is 1.74. The summed E-state index contributed by atoms with van der Waals surface area (Å²) in [6.07, 6.45) is 2.85. The van der Waals surface area contributed by atoms with Gasteiger partial charge >= 0.3 is 0 Å². The van der Waals surface area contributed by atoms with E-state index in [1.165, 1.54) is 18.5 Å². The number of hydrogen-bond donors (Lipinski definition) is 1.